The molecule has 3 rings (SSSR count). The molecular weight excluding hydrogens is 450 g/mol. The van der Waals surface area contributed by atoms with Gasteiger partial charge in [0.1, 0.15) is 11.8 Å². The van der Waals surface area contributed by atoms with E-state index >= 15 is 0 Å². The van der Waals surface area contributed by atoms with Crippen molar-refractivity contribution in [2.75, 3.05) is 0 Å². The van der Waals surface area contributed by atoms with Gasteiger partial charge in [-0.1, -0.05) is 32.0 Å². The minimum Gasteiger partial charge on any atom is -0.347 e. The fraction of sp³-hybridized carbons (Fsp3) is 0.400. The fourth-order valence-electron chi connectivity index (χ4n) is 4.65. The van der Waals surface area contributed by atoms with Crippen molar-refractivity contribution in [1.29, 1.82) is 0 Å². The molecule has 0 fully saturated rings. The Bertz CT molecular complexity index is 1300. The topological polar surface area (TPSA) is 81.1 Å². The minimum absolute atomic E-state index is 0.0402. The molecule has 0 aliphatic carbocycles. The molecule has 36 heavy (non-hydrogen) atoms. The van der Waals surface area contributed by atoms with Gasteiger partial charge in [-0.2, -0.15) is 0 Å². The van der Waals surface area contributed by atoms with Crippen LogP contribution in [-0.4, -0.2) is 21.2 Å². The Morgan fingerprint density at radius 1 is 0.972 bits per heavy atom. The van der Waals surface area contributed by atoms with E-state index < -0.39 is 12.1 Å². The highest BCUT2D eigenvalue weighted by atomic mass is 16.2. The van der Waals surface area contributed by atoms with Crippen molar-refractivity contribution in [2.24, 2.45) is 5.92 Å². The van der Waals surface area contributed by atoms with Crippen LogP contribution in [0.15, 0.2) is 53.7 Å². The van der Waals surface area contributed by atoms with E-state index in [9.17, 15) is 14.4 Å². The Morgan fingerprint density at radius 3 is 2.25 bits per heavy atom. The summed E-state index contributed by atoms with van der Waals surface area (Å²) in [5.74, 6) is -0.131. The first-order valence-corrected chi connectivity index (χ1v) is 12.5. The molecule has 6 nitrogen and oxygen atoms in total. The maximum Gasteiger partial charge on any atom is 0.251 e. The summed E-state index contributed by atoms with van der Waals surface area (Å²) in [5.41, 5.74) is 6.69. The van der Waals surface area contributed by atoms with Crippen LogP contribution in [0.3, 0.4) is 0 Å². The summed E-state index contributed by atoms with van der Waals surface area (Å²) in [6.45, 7) is 13.5. The maximum atomic E-state index is 13.7. The summed E-state index contributed by atoms with van der Waals surface area (Å²) < 4.78 is 1.52. The second-order valence-corrected chi connectivity index (χ2v) is 10.3. The molecule has 3 aromatic rings. The Hall–Kier alpha value is -3.54. The first-order valence-electron chi connectivity index (χ1n) is 12.5. The number of pyridine rings is 2. The summed E-state index contributed by atoms with van der Waals surface area (Å²) in [6.07, 6.45) is 5.90. The Balaban J connectivity index is 2.00. The van der Waals surface area contributed by atoms with E-state index in [1.807, 2.05) is 46.0 Å². The molecule has 0 aliphatic rings. The molecule has 0 spiro atoms. The van der Waals surface area contributed by atoms with Crippen molar-refractivity contribution in [1.82, 2.24) is 14.9 Å². The third-order valence-electron chi connectivity index (χ3n) is 6.62. The highest BCUT2D eigenvalue weighted by Crippen LogP contribution is 2.30. The standard InChI is InChI=1S/C30H37N3O3/c1-18(2)11-27(33-17-22(6)21(5)12-28(33)35)30(36)32-26(13-23(7)34)24-14-25(16-31-15-24)29-19(3)9-8-10-20(29)4/h8-10,12,14-18,26-27H,11,13H2,1-7H3,(H,32,36)/t26-,27-/m0/s1. The molecule has 1 aromatic carbocycles. The second kappa shape index (κ2) is 11.5. The molecule has 1 amide bonds. The Kier molecular flexibility index (Phi) is 8.62. The molecule has 0 aliphatic heterocycles. The molecule has 6 heteroatoms. The molecule has 2 heterocycles. The number of rotatable bonds is 9. The molecule has 1 N–H and O–H groups in total. The molecule has 0 unspecified atom stereocenters. The smallest absolute Gasteiger partial charge is 0.251 e. The van der Waals surface area contributed by atoms with Gasteiger partial charge in [-0.3, -0.25) is 19.4 Å². The number of nitrogens with one attached hydrogen (secondary N) is 1. The lowest BCUT2D eigenvalue weighted by Gasteiger charge is -2.26. The number of ketones is 1. The van der Waals surface area contributed by atoms with E-state index in [0.29, 0.717) is 6.42 Å². The van der Waals surface area contributed by atoms with Gasteiger partial charge >= 0.3 is 0 Å². The van der Waals surface area contributed by atoms with Crippen LogP contribution in [0.25, 0.3) is 11.1 Å². The van der Waals surface area contributed by atoms with Gasteiger partial charge < -0.3 is 9.88 Å². The van der Waals surface area contributed by atoms with Crippen molar-refractivity contribution in [3.63, 3.8) is 0 Å². The molecule has 0 bridgehead atoms. The van der Waals surface area contributed by atoms with Crippen LogP contribution in [0.2, 0.25) is 0 Å². The van der Waals surface area contributed by atoms with Crippen LogP contribution in [0, 0.1) is 33.6 Å². The lowest BCUT2D eigenvalue weighted by atomic mass is 9.94. The van der Waals surface area contributed by atoms with E-state index in [2.05, 4.69) is 36.3 Å². The highest BCUT2D eigenvalue weighted by molar-refractivity contribution is 5.83. The zero-order valence-electron chi connectivity index (χ0n) is 22.4. The van der Waals surface area contributed by atoms with Crippen molar-refractivity contribution < 1.29 is 9.59 Å². The number of carbonyl (C=O) groups is 2. The third kappa shape index (κ3) is 6.36. The molecule has 0 saturated heterocycles. The van der Waals surface area contributed by atoms with E-state index in [4.69, 9.17) is 0 Å². The average Bonchev–Trinajstić information content (AvgIpc) is 2.79. The van der Waals surface area contributed by atoms with Crippen LogP contribution in [0.5, 0.6) is 0 Å². The van der Waals surface area contributed by atoms with Gasteiger partial charge in [-0.05, 0) is 86.4 Å². The monoisotopic (exact) mass is 487 g/mol. The first kappa shape index (κ1) is 27.1. The number of benzene rings is 1. The van der Waals surface area contributed by atoms with E-state index in [0.717, 1.165) is 38.9 Å². The molecule has 0 saturated carbocycles. The number of Topliss-reactive ketones (excluding diaryl/α,β-unsaturated/α-hetero) is 1. The Morgan fingerprint density at radius 2 is 1.64 bits per heavy atom. The first-order chi connectivity index (χ1) is 17.0. The van der Waals surface area contributed by atoms with Gasteiger partial charge in [0.25, 0.3) is 5.56 Å². The van der Waals surface area contributed by atoms with E-state index in [-0.39, 0.29) is 29.6 Å². The van der Waals surface area contributed by atoms with Crippen molar-refractivity contribution in [3.05, 3.63) is 87.1 Å². The summed E-state index contributed by atoms with van der Waals surface area (Å²) in [5, 5.41) is 3.08. The molecule has 2 atom stereocenters. The number of nitrogens with zero attached hydrogens (tertiary/aromatic N) is 2. The van der Waals surface area contributed by atoms with Crippen molar-refractivity contribution in [2.45, 2.75) is 73.4 Å². The normalized spacial score (nSPS) is 12.9. The summed E-state index contributed by atoms with van der Waals surface area (Å²) >= 11 is 0. The number of aromatic nitrogens is 2. The van der Waals surface area contributed by atoms with Gasteiger partial charge in [0.2, 0.25) is 5.91 Å². The summed E-state index contributed by atoms with van der Waals surface area (Å²) in [4.78, 5) is 43.1. The van der Waals surface area contributed by atoms with Crippen LogP contribution >= 0.6 is 0 Å². The zero-order valence-corrected chi connectivity index (χ0v) is 22.4. The summed E-state index contributed by atoms with van der Waals surface area (Å²) in [6, 6.07) is 8.47. The van der Waals surface area contributed by atoms with Gasteiger partial charge in [0.05, 0.1) is 6.04 Å². The van der Waals surface area contributed by atoms with Crippen LogP contribution in [0.1, 0.15) is 73.5 Å². The molecule has 2 aromatic heterocycles. The zero-order chi connectivity index (χ0) is 26.6. The number of aryl methyl sites for hydroxylation is 4. The fourth-order valence-corrected chi connectivity index (χ4v) is 4.65. The van der Waals surface area contributed by atoms with Crippen LogP contribution in [-0.2, 0) is 9.59 Å². The maximum absolute atomic E-state index is 13.7. The van der Waals surface area contributed by atoms with Crippen LogP contribution < -0.4 is 10.9 Å². The number of amides is 1. The van der Waals surface area contributed by atoms with Gasteiger partial charge in [0, 0.05) is 36.6 Å². The van der Waals surface area contributed by atoms with Crippen LogP contribution in [0.4, 0.5) is 0 Å². The van der Waals surface area contributed by atoms with E-state index in [1.165, 1.54) is 11.5 Å². The van der Waals surface area contributed by atoms with Crippen molar-refractivity contribution >= 4 is 11.7 Å². The highest BCUT2D eigenvalue weighted by Gasteiger charge is 2.27. The predicted molar refractivity (Wildman–Crippen MR) is 144 cm³/mol. The third-order valence-corrected chi connectivity index (χ3v) is 6.62. The molecule has 0 radical (unpaired) electrons. The molecular formula is C30H37N3O3. The van der Waals surface area contributed by atoms with E-state index in [1.54, 1.807) is 18.5 Å². The SMILES string of the molecule is CC(=O)C[C@H](NC(=O)[C@H](CC(C)C)n1cc(C)c(C)cc1=O)c1cncc(-c2c(C)cccc2C)c1. The minimum atomic E-state index is -0.680. The second-order valence-electron chi connectivity index (χ2n) is 10.3. The quantitative estimate of drug-likeness (QED) is 0.428. The number of carbonyl (C=O) groups excluding carboxylic acids is 2. The Labute approximate surface area is 213 Å². The largest absolute Gasteiger partial charge is 0.347 e. The lowest BCUT2D eigenvalue weighted by Crippen LogP contribution is -2.40. The lowest BCUT2D eigenvalue weighted by molar-refractivity contribution is -0.126. The number of hydrogen-bond donors (Lipinski definition) is 1. The van der Waals surface area contributed by atoms with Gasteiger partial charge in [-0.25, -0.2) is 0 Å². The van der Waals surface area contributed by atoms with Crippen molar-refractivity contribution in [3.8, 4) is 11.1 Å². The van der Waals surface area contributed by atoms with Gasteiger partial charge in [0.15, 0.2) is 0 Å². The number of hydrogen-bond acceptors (Lipinski definition) is 4. The summed E-state index contributed by atoms with van der Waals surface area (Å²) in [7, 11) is 0. The average molecular weight is 488 g/mol. The molecule has 190 valence electrons. The predicted octanol–water partition coefficient (Wildman–Crippen LogP) is 5.57. The van der Waals surface area contributed by atoms with Gasteiger partial charge in [-0.15, -0.1) is 0 Å².